The van der Waals surface area contributed by atoms with Crippen molar-refractivity contribution >= 4 is 45.0 Å². The standard InChI is InChI=1S/C38H41ClF3N5O6S/c1-2-26-21-36(26,33(50)47-54(51,52)30-16-17-30)22-29(48)6-4-3-5-7-31(49)25-10-8-24(9-11-25)20-32-43-34(45-35(44-32)53-23-38(40,41)42)46-37(18-19-37)27-12-14-28(39)15-13-27/h2,8-15,26,30H,1,3-7,16-23H2,(H,47,50)(H,43,44,45,46)/t26-,36-/m1/s1. The third kappa shape index (κ3) is 10.0. The molecule has 3 aliphatic carbocycles. The van der Waals surface area contributed by atoms with Crippen molar-refractivity contribution in [1.29, 1.82) is 0 Å². The summed E-state index contributed by atoms with van der Waals surface area (Å²) in [4.78, 5) is 51.3. The van der Waals surface area contributed by atoms with Crippen LogP contribution in [-0.2, 0) is 31.6 Å². The van der Waals surface area contributed by atoms with E-state index in [0.29, 0.717) is 54.7 Å². The Morgan fingerprint density at radius 1 is 0.963 bits per heavy atom. The number of carbonyl (C=O) groups is 3. The molecule has 288 valence electrons. The van der Waals surface area contributed by atoms with Crippen molar-refractivity contribution in [3.63, 3.8) is 0 Å². The van der Waals surface area contributed by atoms with E-state index >= 15 is 0 Å². The number of carbonyl (C=O) groups excluding carboxylic acids is 3. The molecule has 6 rings (SSSR count). The summed E-state index contributed by atoms with van der Waals surface area (Å²) in [5.41, 5.74) is 0.589. The largest absolute Gasteiger partial charge is 0.454 e. The van der Waals surface area contributed by atoms with E-state index in [1.54, 1.807) is 42.5 Å². The second kappa shape index (κ2) is 15.8. The van der Waals surface area contributed by atoms with Gasteiger partial charge in [0.25, 0.3) is 0 Å². The number of Topliss-reactive ketones (excluding diaryl/α,β-unsaturated/α-hetero) is 2. The van der Waals surface area contributed by atoms with E-state index in [9.17, 15) is 36.0 Å². The maximum absolute atomic E-state index is 12.9. The van der Waals surface area contributed by atoms with E-state index in [1.165, 1.54) is 0 Å². The highest BCUT2D eigenvalue weighted by Gasteiger charge is 2.60. The molecule has 0 unspecified atom stereocenters. The Hall–Kier alpha value is -4.37. The molecule has 0 saturated heterocycles. The molecule has 2 atom stereocenters. The highest BCUT2D eigenvalue weighted by molar-refractivity contribution is 7.90. The molecular weight excluding hydrogens is 747 g/mol. The molecule has 0 aliphatic heterocycles. The zero-order chi connectivity index (χ0) is 38.7. The number of anilines is 1. The summed E-state index contributed by atoms with van der Waals surface area (Å²) in [6.07, 6.45) is 2.23. The van der Waals surface area contributed by atoms with Crippen LogP contribution < -0.4 is 14.8 Å². The number of sulfonamides is 1. The molecule has 1 heterocycles. The van der Waals surface area contributed by atoms with Gasteiger partial charge in [0.2, 0.25) is 21.9 Å². The van der Waals surface area contributed by atoms with E-state index < -0.39 is 50.9 Å². The number of nitrogens with one attached hydrogen (secondary N) is 2. The van der Waals surface area contributed by atoms with Gasteiger partial charge in [0, 0.05) is 36.3 Å². The molecule has 3 aromatic rings. The number of ketones is 2. The van der Waals surface area contributed by atoms with E-state index in [-0.39, 0.29) is 54.9 Å². The van der Waals surface area contributed by atoms with Crippen LogP contribution >= 0.6 is 11.6 Å². The number of unbranched alkanes of at least 4 members (excludes halogenated alkanes) is 2. The van der Waals surface area contributed by atoms with Crippen molar-refractivity contribution in [3.05, 3.63) is 88.7 Å². The van der Waals surface area contributed by atoms with Crippen LogP contribution in [0.3, 0.4) is 0 Å². The van der Waals surface area contributed by atoms with Gasteiger partial charge in [-0.15, -0.1) is 6.58 Å². The van der Waals surface area contributed by atoms with E-state index in [1.807, 2.05) is 12.1 Å². The van der Waals surface area contributed by atoms with Crippen LogP contribution in [0.1, 0.15) is 97.9 Å². The normalized spacial score (nSPS) is 20.1. The quantitative estimate of drug-likeness (QED) is 0.0691. The molecule has 3 aliphatic rings. The number of rotatable bonds is 20. The Morgan fingerprint density at radius 2 is 1.65 bits per heavy atom. The van der Waals surface area contributed by atoms with Gasteiger partial charge in [-0.25, -0.2) is 8.42 Å². The van der Waals surface area contributed by atoms with E-state index in [2.05, 4.69) is 31.6 Å². The number of ether oxygens (including phenoxy) is 1. The van der Waals surface area contributed by atoms with E-state index in [4.69, 9.17) is 16.3 Å². The zero-order valence-corrected chi connectivity index (χ0v) is 31.0. The van der Waals surface area contributed by atoms with Crippen LogP contribution in [-0.4, -0.2) is 58.9 Å². The number of aromatic nitrogens is 3. The number of nitrogens with zero attached hydrogens (tertiary/aromatic N) is 3. The second-order valence-corrected chi connectivity index (χ2v) is 16.8. The lowest BCUT2D eigenvalue weighted by atomic mass is 9.93. The molecule has 16 heteroatoms. The summed E-state index contributed by atoms with van der Waals surface area (Å²) in [7, 11) is -3.72. The molecule has 2 N–H and O–H groups in total. The number of alkyl halides is 3. The first-order valence-corrected chi connectivity index (χ1v) is 19.8. The summed E-state index contributed by atoms with van der Waals surface area (Å²) in [6, 6.07) is 13.6. The molecule has 0 spiro atoms. The summed E-state index contributed by atoms with van der Waals surface area (Å²) < 4.78 is 70.5. The predicted octanol–water partition coefficient (Wildman–Crippen LogP) is 7.05. The van der Waals surface area contributed by atoms with Crippen LogP contribution in [0.5, 0.6) is 6.01 Å². The third-order valence-corrected chi connectivity index (χ3v) is 12.2. The first-order valence-electron chi connectivity index (χ1n) is 17.9. The molecule has 1 aromatic heterocycles. The molecule has 3 fully saturated rings. The van der Waals surface area contributed by atoms with Gasteiger partial charge < -0.3 is 10.1 Å². The average molecular weight is 788 g/mol. The maximum atomic E-state index is 12.9. The van der Waals surface area contributed by atoms with Gasteiger partial charge >= 0.3 is 12.2 Å². The first kappa shape index (κ1) is 39.3. The van der Waals surface area contributed by atoms with Crippen LogP contribution in [0.4, 0.5) is 19.1 Å². The van der Waals surface area contributed by atoms with Crippen molar-refractivity contribution in [2.24, 2.45) is 11.3 Å². The Morgan fingerprint density at radius 3 is 2.26 bits per heavy atom. The summed E-state index contributed by atoms with van der Waals surface area (Å²) >= 11 is 6.04. The second-order valence-electron chi connectivity index (χ2n) is 14.4. The Bertz CT molecular complexity index is 2000. The Kier molecular flexibility index (Phi) is 11.5. The number of allylic oxidation sites excluding steroid dienone is 1. The fourth-order valence-electron chi connectivity index (χ4n) is 6.58. The van der Waals surface area contributed by atoms with Gasteiger partial charge in [0.1, 0.15) is 11.6 Å². The minimum Gasteiger partial charge on any atom is -0.454 e. The lowest BCUT2D eigenvalue weighted by molar-refractivity contribution is -0.154. The topological polar surface area (TPSA) is 157 Å². The number of hydrogen-bond acceptors (Lipinski definition) is 10. The van der Waals surface area contributed by atoms with Gasteiger partial charge in [0.05, 0.1) is 16.2 Å². The molecule has 0 bridgehead atoms. The molecule has 0 radical (unpaired) electrons. The number of benzene rings is 2. The SMILES string of the molecule is C=C[C@@H]1C[C@]1(CC(=O)CCCCCC(=O)c1ccc(Cc2nc(NC3(c4ccc(Cl)cc4)CC3)nc(OCC(F)(F)F)n2)cc1)C(=O)NS(=O)(=O)C1CC1. The van der Waals surface area contributed by atoms with E-state index in [0.717, 1.165) is 18.4 Å². The third-order valence-electron chi connectivity index (χ3n) is 10.1. The summed E-state index contributed by atoms with van der Waals surface area (Å²) in [6.45, 7) is 2.16. The monoisotopic (exact) mass is 787 g/mol. The zero-order valence-electron chi connectivity index (χ0n) is 29.5. The minimum atomic E-state index is -4.58. The number of amides is 1. The van der Waals surface area contributed by atoms with Crippen LogP contribution in [0.2, 0.25) is 5.02 Å². The molecule has 54 heavy (non-hydrogen) atoms. The van der Waals surface area contributed by atoms with Crippen molar-refractivity contribution in [3.8, 4) is 6.01 Å². The van der Waals surface area contributed by atoms with Gasteiger partial charge in [-0.05, 0) is 74.1 Å². The predicted molar refractivity (Wildman–Crippen MR) is 194 cm³/mol. The van der Waals surface area contributed by atoms with Crippen molar-refractivity contribution in [2.75, 3.05) is 11.9 Å². The highest BCUT2D eigenvalue weighted by Crippen LogP contribution is 2.56. The first-order chi connectivity index (χ1) is 25.6. The van der Waals surface area contributed by atoms with Crippen LogP contribution in [0.15, 0.2) is 61.2 Å². The minimum absolute atomic E-state index is 0.0462. The molecule has 2 aromatic carbocycles. The molecule has 3 saturated carbocycles. The summed E-state index contributed by atoms with van der Waals surface area (Å²) in [5, 5.41) is 3.29. The van der Waals surface area contributed by atoms with Gasteiger partial charge in [-0.1, -0.05) is 60.5 Å². The fraction of sp³-hybridized carbons (Fsp3) is 0.474. The van der Waals surface area contributed by atoms with Crippen molar-refractivity contribution in [1.82, 2.24) is 19.7 Å². The summed E-state index contributed by atoms with van der Waals surface area (Å²) in [5.74, 6) is -0.831. The molecular formula is C38H41ClF3N5O6S. The van der Waals surface area contributed by atoms with Gasteiger partial charge in [-0.2, -0.15) is 28.1 Å². The number of hydrogen-bond donors (Lipinski definition) is 2. The lowest BCUT2D eigenvalue weighted by Crippen LogP contribution is -2.40. The average Bonchev–Trinajstić information content (AvgIpc) is 3.99. The Labute approximate surface area is 316 Å². The smallest absolute Gasteiger partial charge is 0.422 e. The fourth-order valence-corrected chi connectivity index (χ4v) is 8.09. The van der Waals surface area contributed by atoms with Crippen molar-refractivity contribution < 1.29 is 40.7 Å². The van der Waals surface area contributed by atoms with Gasteiger partial charge in [-0.3, -0.25) is 19.1 Å². The highest BCUT2D eigenvalue weighted by atomic mass is 35.5. The van der Waals surface area contributed by atoms with Crippen LogP contribution in [0.25, 0.3) is 0 Å². The molecule has 1 amide bonds. The molecule has 11 nitrogen and oxygen atoms in total. The van der Waals surface area contributed by atoms with Crippen LogP contribution in [0, 0.1) is 11.3 Å². The Balaban J connectivity index is 0.988. The van der Waals surface area contributed by atoms with Gasteiger partial charge in [0.15, 0.2) is 12.4 Å². The number of halogens is 4. The lowest BCUT2D eigenvalue weighted by Gasteiger charge is -2.19. The maximum Gasteiger partial charge on any atom is 0.422 e. The van der Waals surface area contributed by atoms with Crippen molar-refractivity contribution in [2.45, 2.75) is 94.0 Å².